The zero-order chi connectivity index (χ0) is 16.9. The molecule has 3 atom stereocenters. The van der Waals surface area contributed by atoms with Crippen LogP contribution in [-0.2, 0) is 25.6 Å². The lowest BCUT2D eigenvalue weighted by Crippen LogP contribution is -2.31. The van der Waals surface area contributed by atoms with Crippen LogP contribution in [0, 0.1) is 11.8 Å². The second kappa shape index (κ2) is 7.79. The molecule has 1 aromatic rings. The molecule has 132 valence electrons. The van der Waals surface area contributed by atoms with Crippen molar-refractivity contribution in [2.24, 2.45) is 11.8 Å². The highest BCUT2D eigenvalue weighted by molar-refractivity contribution is 5.92. The number of rotatable bonds is 5. The molecule has 0 aromatic carbocycles. The van der Waals surface area contributed by atoms with Gasteiger partial charge in [-0.1, -0.05) is 6.42 Å². The van der Waals surface area contributed by atoms with Crippen molar-refractivity contribution in [2.75, 3.05) is 19.0 Å². The van der Waals surface area contributed by atoms with Crippen LogP contribution in [-0.4, -0.2) is 41.5 Å². The van der Waals surface area contributed by atoms with E-state index in [-0.39, 0.29) is 29.8 Å². The number of aromatic nitrogens is 2. The van der Waals surface area contributed by atoms with Gasteiger partial charge in [-0.3, -0.25) is 14.3 Å². The van der Waals surface area contributed by atoms with Crippen molar-refractivity contribution < 1.29 is 19.1 Å². The second-order valence-corrected chi connectivity index (χ2v) is 6.66. The quantitative estimate of drug-likeness (QED) is 0.832. The molecule has 1 aliphatic carbocycles. The molecule has 1 N–H and O–H groups in total. The summed E-state index contributed by atoms with van der Waals surface area (Å²) in [5.41, 5.74) is 0.693. The highest BCUT2D eigenvalue weighted by Crippen LogP contribution is 2.30. The Labute approximate surface area is 141 Å². The molecule has 7 nitrogen and oxygen atoms in total. The maximum atomic E-state index is 12.5. The van der Waals surface area contributed by atoms with E-state index in [1.807, 2.05) is 10.9 Å². The number of esters is 1. The molecular formula is C17H25N3O4. The molecule has 0 bridgehead atoms. The monoisotopic (exact) mass is 335 g/mol. The van der Waals surface area contributed by atoms with E-state index in [0.717, 1.165) is 38.7 Å². The lowest BCUT2D eigenvalue weighted by molar-refractivity contribution is -0.147. The van der Waals surface area contributed by atoms with Crippen LogP contribution in [0.2, 0.25) is 0 Å². The summed E-state index contributed by atoms with van der Waals surface area (Å²) in [6.07, 6.45) is 8.90. The predicted octanol–water partition coefficient (Wildman–Crippen LogP) is 1.98. The summed E-state index contributed by atoms with van der Waals surface area (Å²) in [5.74, 6) is -0.566. The highest BCUT2D eigenvalue weighted by atomic mass is 16.5. The molecular weight excluding hydrogens is 310 g/mol. The number of ether oxygens (including phenoxy) is 2. The van der Waals surface area contributed by atoms with Gasteiger partial charge in [-0.2, -0.15) is 5.10 Å². The Kier molecular flexibility index (Phi) is 5.50. The number of carbonyl (C=O) groups is 2. The van der Waals surface area contributed by atoms with Crippen molar-refractivity contribution in [1.29, 1.82) is 0 Å². The van der Waals surface area contributed by atoms with Crippen LogP contribution in [0.1, 0.15) is 38.5 Å². The molecule has 7 heteroatoms. The van der Waals surface area contributed by atoms with Crippen molar-refractivity contribution in [2.45, 2.75) is 51.2 Å². The van der Waals surface area contributed by atoms with Crippen LogP contribution >= 0.6 is 0 Å². The number of hydrogen-bond donors (Lipinski definition) is 1. The van der Waals surface area contributed by atoms with Gasteiger partial charge in [-0.15, -0.1) is 0 Å². The van der Waals surface area contributed by atoms with Crippen LogP contribution in [0.15, 0.2) is 12.4 Å². The molecule has 0 radical (unpaired) electrons. The first-order chi connectivity index (χ1) is 11.7. The number of anilines is 1. The summed E-state index contributed by atoms with van der Waals surface area (Å²) in [5, 5.41) is 7.20. The molecule has 2 heterocycles. The van der Waals surface area contributed by atoms with Crippen LogP contribution in [0.5, 0.6) is 0 Å². The third kappa shape index (κ3) is 4.14. The molecule has 2 aliphatic rings. The largest absolute Gasteiger partial charge is 0.469 e. The van der Waals surface area contributed by atoms with Gasteiger partial charge in [0.1, 0.15) is 0 Å². The standard InChI is InChI=1S/C17H25N3O4/c1-23-17(22)13-5-2-4-12(8-13)16(21)19-14-9-18-20(10-14)11-15-6-3-7-24-15/h9-10,12-13,15H,2-8,11H2,1H3,(H,19,21). The average molecular weight is 335 g/mol. The third-order valence-electron chi connectivity index (χ3n) is 4.89. The van der Waals surface area contributed by atoms with Crippen LogP contribution < -0.4 is 5.32 Å². The second-order valence-electron chi connectivity index (χ2n) is 6.66. The fraction of sp³-hybridized carbons (Fsp3) is 0.706. The Morgan fingerprint density at radius 3 is 2.92 bits per heavy atom. The first-order valence-corrected chi connectivity index (χ1v) is 8.68. The molecule has 0 spiro atoms. The van der Waals surface area contributed by atoms with E-state index in [4.69, 9.17) is 9.47 Å². The average Bonchev–Trinajstić information content (AvgIpc) is 3.27. The summed E-state index contributed by atoms with van der Waals surface area (Å²) in [7, 11) is 1.40. The van der Waals surface area contributed by atoms with Gasteiger partial charge in [0.05, 0.1) is 37.6 Å². The number of amides is 1. The van der Waals surface area contributed by atoms with E-state index in [9.17, 15) is 9.59 Å². The molecule has 24 heavy (non-hydrogen) atoms. The van der Waals surface area contributed by atoms with Gasteiger partial charge < -0.3 is 14.8 Å². The van der Waals surface area contributed by atoms with E-state index >= 15 is 0 Å². The molecule has 3 unspecified atom stereocenters. The van der Waals surface area contributed by atoms with Crippen LogP contribution in [0.4, 0.5) is 5.69 Å². The summed E-state index contributed by atoms with van der Waals surface area (Å²) >= 11 is 0. The van der Waals surface area contributed by atoms with Crippen LogP contribution in [0.3, 0.4) is 0 Å². The van der Waals surface area contributed by atoms with Crippen molar-refractivity contribution >= 4 is 17.6 Å². The molecule has 1 aromatic heterocycles. The molecule has 2 fully saturated rings. The fourth-order valence-electron chi connectivity index (χ4n) is 3.58. The summed E-state index contributed by atoms with van der Waals surface area (Å²) in [4.78, 5) is 24.1. The number of methoxy groups -OCH3 is 1. The summed E-state index contributed by atoms with van der Waals surface area (Å²) in [6, 6.07) is 0. The number of nitrogens with zero attached hydrogens (tertiary/aromatic N) is 2. The Hall–Kier alpha value is -1.89. The van der Waals surface area contributed by atoms with Gasteiger partial charge >= 0.3 is 5.97 Å². The zero-order valence-corrected chi connectivity index (χ0v) is 14.1. The van der Waals surface area contributed by atoms with Gasteiger partial charge in [0.2, 0.25) is 5.91 Å². The molecule has 1 amide bonds. The SMILES string of the molecule is COC(=O)C1CCCC(C(=O)Nc2cnn(CC3CCCO3)c2)C1. The Bertz CT molecular complexity index is 580. The smallest absolute Gasteiger partial charge is 0.308 e. The van der Waals surface area contributed by atoms with E-state index in [1.54, 1.807) is 6.20 Å². The highest BCUT2D eigenvalue weighted by Gasteiger charge is 2.31. The van der Waals surface area contributed by atoms with Crippen LogP contribution in [0.25, 0.3) is 0 Å². The Morgan fingerprint density at radius 2 is 2.17 bits per heavy atom. The Balaban J connectivity index is 1.52. The van der Waals surface area contributed by atoms with E-state index < -0.39 is 0 Å². The zero-order valence-electron chi connectivity index (χ0n) is 14.1. The molecule has 1 saturated heterocycles. The number of carbonyl (C=O) groups excluding carboxylic acids is 2. The lowest BCUT2D eigenvalue weighted by atomic mass is 9.81. The maximum absolute atomic E-state index is 12.5. The predicted molar refractivity (Wildman–Crippen MR) is 87.3 cm³/mol. The van der Waals surface area contributed by atoms with Gasteiger partial charge in [-0.05, 0) is 32.1 Å². The van der Waals surface area contributed by atoms with E-state index in [0.29, 0.717) is 18.7 Å². The van der Waals surface area contributed by atoms with E-state index in [1.165, 1.54) is 7.11 Å². The Morgan fingerprint density at radius 1 is 1.33 bits per heavy atom. The topological polar surface area (TPSA) is 82.5 Å². The molecule has 1 saturated carbocycles. The van der Waals surface area contributed by atoms with Crippen molar-refractivity contribution in [3.05, 3.63) is 12.4 Å². The molecule has 3 rings (SSSR count). The van der Waals surface area contributed by atoms with Crippen molar-refractivity contribution in [3.8, 4) is 0 Å². The van der Waals surface area contributed by atoms with Gasteiger partial charge in [0, 0.05) is 18.7 Å². The maximum Gasteiger partial charge on any atom is 0.308 e. The fourth-order valence-corrected chi connectivity index (χ4v) is 3.58. The first-order valence-electron chi connectivity index (χ1n) is 8.68. The van der Waals surface area contributed by atoms with Gasteiger partial charge in [0.15, 0.2) is 0 Å². The number of hydrogen-bond acceptors (Lipinski definition) is 5. The first kappa shape index (κ1) is 17.0. The number of nitrogens with one attached hydrogen (secondary N) is 1. The third-order valence-corrected chi connectivity index (χ3v) is 4.89. The summed E-state index contributed by atoms with van der Waals surface area (Å²) in [6.45, 7) is 1.53. The minimum absolute atomic E-state index is 0.0414. The van der Waals surface area contributed by atoms with E-state index in [2.05, 4.69) is 10.4 Å². The van der Waals surface area contributed by atoms with Gasteiger partial charge in [0.25, 0.3) is 0 Å². The van der Waals surface area contributed by atoms with Crippen molar-refractivity contribution in [1.82, 2.24) is 9.78 Å². The summed E-state index contributed by atoms with van der Waals surface area (Å²) < 4.78 is 12.2. The van der Waals surface area contributed by atoms with Crippen molar-refractivity contribution in [3.63, 3.8) is 0 Å². The lowest BCUT2D eigenvalue weighted by Gasteiger charge is -2.26. The minimum atomic E-state index is -0.211. The van der Waals surface area contributed by atoms with Gasteiger partial charge in [-0.25, -0.2) is 0 Å². The minimum Gasteiger partial charge on any atom is -0.469 e. The normalized spacial score (nSPS) is 27.0. The molecule has 1 aliphatic heterocycles.